The molecule has 9 heavy (non-hydrogen) atoms. The van der Waals surface area contributed by atoms with E-state index in [4.69, 9.17) is 7.93 Å². The maximum absolute atomic E-state index is 10.4. The summed E-state index contributed by atoms with van der Waals surface area (Å²) < 4.78 is 13.6. The van der Waals surface area contributed by atoms with Crippen LogP contribution in [0.1, 0.15) is 20.3 Å². The number of nitrogens with two attached hydrogens (primary N) is 1. The molecular weight excluding hydrogens is 118 g/mol. The van der Waals surface area contributed by atoms with Gasteiger partial charge in [0.1, 0.15) is 8.87 Å². The molecule has 0 aromatic rings. The van der Waals surface area contributed by atoms with Gasteiger partial charge in [0.15, 0.2) is 0 Å². The number of hydrogen-bond donors (Lipinski definition) is 2. The largest absolute Gasteiger partial charge is 0.480 e. The lowest BCUT2D eigenvalue weighted by Gasteiger charge is -2.07. The highest BCUT2D eigenvalue weighted by Crippen LogP contribution is 2.01. The van der Waals surface area contributed by atoms with Gasteiger partial charge in [-0.05, 0) is 12.3 Å². The van der Waals surface area contributed by atoms with E-state index in [1.54, 1.807) is 0 Å². The van der Waals surface area contributed by atoms with Crippen molar-refractivity contribution < 1.29 is 12.7 Å². The second-order valence-corrected chi connectivity index (χ2v) is 2.48. The molecule has 0 aliphatic rings. The molecule has 54 valence electrons. The number of rotatable bonds is 4. The molecule has 0 fully saturated rings. The lowest BCUT2D eigenvalue weighted by Crippen LogP contribution is -2.31. The van der Waals surface area contributed by atoms with Crippen molar-refractivity contribution in [1.29, 1.82) is 0 Å². The lowest BCUT2D eigenvalue weighted by atomic mass is 10.1. The molecule has 0 aromatic heterocycles. The highest BCUT2D eigenvalue weighted by atomic mass is 16.4. The van der Waals surface area contributed by atoms with Crippen molar-refractivity contribution in [2.75, 3.05) is 0 Å². The number of aliphatic carboxylic acids is 1. The Labute approximate surface area is 57.8 Å². The summed E-state index contributed by atoms with van der Waals surface area (Å²) in [6.07, 6.45) is 0.336. The Morgan fingerprint density at radius 2 is 2.44 bits per heavy atom. The van der Waals surface area contributed by atoms with E-state index in [9.17, 15) is 4.79 Å². The van der Waals surface area contributed by atoms with E-state index in [1.165, 1.54) is 0 Å². The summed E-state index contributed by atoms with van der Waals surface area (Å²) in [5.74, 6) is -0.919. The lowest BCUT2D eigenvalue weighted by molar-refractivity contribution is -0.138. The van der Waals surface area contributed by atoms with Gasteiger partial charge in [0, 0.05) is 0 Å². The van der Waals surface area contributed by atoms with Crippen LogP contribution in [0.25, 0.3) is 0 Å². The van der Waals surface area contributed by atoms with Crippen molar-refractivity contribution >= 4 is 5.97 Å². The molecule has 0 heterocycles. The minimum atomic E-state index is -1.11. The molecular formula is C6H13NO2. The summed E-state index contributed by atoms with van der Waals surface area (Å²) in [5.41, 5.74) is 0.238. The van der Waals surface area contributed by atoms with Crippen LogP contribution in [0, 0.1) is 5.92 Å². The van der Waals surface area contributed by atoms with E-state index in [-0.39, 0.29) is 11.6 Å². The molecule has 3 nitrogen and oxygen atoms in total. The van der Waals surface area contributed by atoms with E-state index < -0.39 is 12.0 Å². The Balaban J connectivity index is 4.01. The van der Waals surface area contributed by atoms with Gasteiger partial charge in [0.25, 0.3) is 0 Å². The van der Waals surface area contributed by atoms with E-state index >= 15 is 0 Å². The Kier molecular flexibility index (Phi) is 2.01. The van der Waals surface area contributed by atoms with Crippen LogP contribution >= 0.6 is 0 Å². The predicted octanol–water partition coefficient (Wildman–Crippen LogP) is 0.444. The Hall–Kier alpha value is -0.570. The molecule has 1 atom stereocenters. The highest BCUT2D eigenvalue weighted by Gasteiger charge is 2.11. The molecule has 0 radical (unpaired) electrons. The van der Waals surface area contributed by atoms with Crippen molar-refractivity contribution in [2.24, 2.45) is 11.6 Å². The molecule has 0 bridgehead atoms. The molecule has 0 spiro atoms. The van der Waals surface area contributed by atoms with Gasteiger partial charge in [-0.25, -0.2) is 0 Å². The van der Waals surface area contributed by atoms with Gasteiger partial charge in [-0.15, -0.1) is 0 Å². The van der Waals surface area contributed by atoms with E-state index in [0.717, 1.165) is 0 Å². The average Bonchev–Trinajstić information content (AvgIpc) is 1.81. The SMILES string of the molecule is [2H]N([2H])[C@@H](CC(C)C)C(=O)O. The minimum absolute atomic E-state index is 0.189. The van der Waals surface area contributed by atoms with Crippen LogP contribution in [-0.4, -0.2) is 17.1 Å². The Morgan fingerprint density at radius 1 is 1.89 bits per heavy atom. The zero-order chi connectivity index (χ0) is 9.02. The van der Waals surface area contributed by atoms with Crippen molar-refractivity contribution in [3.63, 3.8) is 0 Å². The predicted molar refractivity (Wildman–Crippen MR) is 35.1 cm³/mol. The normalized spacial score (nSPS) is 17.3. The number of carboxylic acid groups (broad SMARTS) is 1. The fourth-order valence-corrected chi connectivity index (χ4v) is 0.547. The summed E-state index contributed by atoms with van der Waals surface area (Å²) in [4.78, 5) is 10.4. The van der Waals surface area contributed by atoms with Gasteiger partial charge in [0.05, 0.1) is 0 Å². The molecule has 3 N–H and O–H groups in total. The second kappa shape index (κ2) is 3.45. The second-order valence-electron chi connectivity index (χ2n) is 2.48. The fourth-order valence-electron chi connectivity index (χ4n) is 0.547. The average molecular weight is 133 g/mol. The molecule has 0 rings (SSSR count). The quantitative estimate of drug-likeness (QED) is 0.585. The molecule has 0 saturated carbocycles. The first-order valence-corrected chi connectivity index (χ1v) is 2.95. The van der Waals surface area contributed by atoms with Crippen LogP contribution < -0.4 is 5.72 Å². The number of carbonyl (C=O) groups is 1. The number of hydrogen-bond acceptors (Lipinski definition) is 2. The van der Waals surface area contributed by atoms with Crippen LogP contribution in [0.3, 0.4) is 0 Å². The molecule has 0 saturated heterocycles. The van der Waals surface area contributed by atoms with Gasteiger partial charge in [-0.2, -0.15) is 0 Å². The minimum Gasteiger partial charge on any atom is -0.480 e. The Bertz CT molecular complexity index is 139. The summed E-state index contributed by atoms with van der Waals surface area (Å²) in [5, 5.41) is 8.51. The summed E-state index contributed by atoms with van der Waals surface area (Å²) in [6, 6.07) is -1.00. The molecule has 0 unspecified atom stereocenters. The molecule has 0 aliphatic carbocycles. The van der Waals surface area contributed by atoms with E-state index in [1.807, 2.05) is 13.8 Å². The monoisotopic (exact) mass is 133 g/mol. The topological polar surface area (TPSA) is 63.3 Å². The standard InChI is InChI=1S/C6H13NO2/c1-4(2)3-5(7)6(8)9/h4-5H,3,7H2,1-2H3,(H,8,9)/t5-/m0/s1/i/hD2. The van der Waals surface area contributed by atoms with Crippen molar-refractivity contribution in [3.05, 3.63) is 0 Å². The van der Waals surface area contributed by atoms with Crippen LogP contribution in [0.2, 0.25) is 2.82 Å². The summed E-state index contributed by atoms with van der Waals surface area (Å²) in [7, 11) is 0. The summed E-state index contributed by atoms with van der Waals surface area (Å²) >= 11 is 0. The number of carboxylic acids is 1. The summed E-state index contributed by atoms with van der Waals surface area (Å²) in [6.45, 7) is 3.72. The van der Waals surface area contributed by atoms with Gasteiger partial charge in [-0.3, -0.25) is 4.79 Å². The van der Waals surface area contributed by atoms with E-state index in [2.05, 4.69) is 0 Å². The van der Waals surface area contributed by atoms with Gasteiger partial charge in [0.2, 0.25) is 0 Å². The Morgan fingerprint density at radius 3 is 2.56 bits per heavy atom. The third-order valence-corrected chi connectivity index (χ3v) is 0.980. The van der Waals surface area contributed by atoms with Crippen LogP contribution in [0.15, 0.2) is 0 Å². The zero-order valence-electron chi connectivity index (χ0n) is 7.66. The molecule has 0 amide bonds. The fraction of sp³-hybridized carbons (Fsp3) is 0.833. The first kappa shape index (κ1) is 5.23. The van der Waals surface area contributed by atoms with Crippen molar-refractivity contribution in [2.45, 2.75) is 26.3 Å². The maximum Gasteiger partial charge on any atom is 0.320 e. The molecule has 0 aliphatic heterocycles. The zero-order valence-corrected chi connectivity index (χ0v) is 5.66. The highest BCUT2D eigenvalue weighted by molar-refractivity contribution is 5.72. The maximum atomic E-state index is 10.4. The van der Waals surface area contributed by atoms with Gasteiger partial charge >= 0.3 is 5.97 Å². The first-order valence-electron chi connectivity index (χ1n) is 3.84. The van der Waals surface area contributed by atoms with Crippen LogP contribution in [0.4, 0.5) is 0 Å². The van der Waals surface area contributed by atoms with Gasteiger partial charge < -0.3 is 10.8 Å². The van der Waals surface area contributed by atoms with Crippen molar-refractivity contribution in [3.8, 4) is 0 Å². The van der Waals surface area contributed by atoms with Crippen molar-refractivity contribution in [1.82, 2.24) is 0 Å². The smallest absolute Gasteiger partial charge is 0.320 e. The van der Waals surface area contributed by atoms with E-state index in [0.29, 0.717) is 6.42 Å². The van der Waals surface area contributed by atoms with Crippen LogP contribution in [-0.2, 0) is 4.79 Å². The first-order chi connectivity index (χ1) is 4.95. The third kappa shape index (κ3) is 3.97. The molecule has 3 heteroatoms. The molecule has 0 aromatic carbocycles. The van der Waals surface area contributed by atoms with Gasteiger partial charge in [-0.1, -0.05) is 13.8 Å². The van der Waals surface area contributed by atoms with Crippen LogP contribution in [0.5, 0.6) is 0 Å². The third-order valence-electron chi connectivity index (χ3n) is 0.980.